The lowest BCUT2D eigenvalue weighted by molar-refractivity contribution is -0.384. The van der Waals surface area contributed by atoms with Crippen LogP contribution in [0.15, 0.2) is 48.5 Å². The second kappa shape index (κ2) is 8.96. The molecule has 0 aliphatic rings. The number of carbonyl (C=O) groups excluding carboxylic acids is 1. The molecule has 168 valence electrons. The molecule has 0 atom stereocenters. The summed E-state index contributed by atoms with van der Waals surface area (Å²) in [4.78, 5) is 22.9. The molecule has 32 heavy (non-hydrogen) atoms. The Morgan fingerprint density at radius 2 is 1.78 bits per heavy atom. The van der Waals surface area contributed by atoms with E-state index in [1.54, 1.807) is 24.3 Å². The van der Waals surface area contributed by atoms with Crippen LogP contribution in [0.2, 0.25) is 0 Å². The van der Waals surface area contributed by atoms with E-state index < -0.39 is 29.2 Å². The normalized spacial score (nSPS) is 11.2. The van der Waals surface area contributed by atoms with Crippen LogP contribution in [0, 0.1) is 17.0 Å². The van der Waals surface area contributed by atoms with Crippen LogP contribution in [0.3, 0.4) is 0 Å². The first-order valence-electron chi connectivity index (χ1n) is 9.08. The number of hydrogen-bond donors (Lipinski definition) is 1. The highest BCUT2D eigenvalue weighted by Gasteiger charge is 2.35. The third-order valence-electron chi connectivity index (χ3n) is 4.17. The van der Waals surface area contributed by atoms with Crippen molar-refractivity contribution in [1.82, 2.24) is 9.78 Å². The molecule has 0 bridgehead atoms. The zero-order valence-corrected chi connectivity index (χ0v) is 16.8. The van der Waals surface area contributed by atoms with E-state index in [0.29, 0.717) is 16.2 Å². The third kappa shape index (κ3) is 5.53. The van der Waals surface area contributed by atoms with E-state index in [4.69, 9.17) is 9.47 Å². The lowest BCUT2D eigenvalue weighted by atomic mass is 10.2. The second-order valence-corrected chi connectivity index (χ2v) is 6.62. The second-order valence-electron chi connectivity index (χ2n) is 6.62. The lowest BCUT2D eigenvalue weighted by Crippen LogP contribution is -2.23. The number of methoxy groups -OCH3 is 1. The van der Waals surface area contributed by atoms with Gasteiger partial charge in [0.05, 0.1) is 29.5 Å². The van der Waals surface area contributed by atoms with Crippen LogP contribution in [0.5, 0.6) is 17.2 Å². The van der Waals surface area contributed by atoms with Crippen molar-refractivity contribution >= 4 is 17.3 Å². The Balaban J connectivity index is 1.81. The summed E-state index contributed by atoms with van der Waals surface area (Å²) in [5.41, 5.74) is -1.38. The van der Waals surface area contributed by atoms with Crippen LogP contribution >= 0.6 is 0 Å². The molecule has 12 heteroatoms. The average Bonchev–Trinajstić information content (AvgIpc) is 3.08. The zero-order chi connectivity index (χ0) is 23.5. The maximum atomic E-state index is 13.1. The van der Waals surface area contributed by atoms with Crippen LogP contribution < -0.4 is 14.8 Å². The summed E-state index contributed by atoms with van der Waals surface area (Å²) < 4.78 is 50.5. The fraction of sp³-hybridized carbons (Fsp3) is 0.200. The summed E-state index contributed by atoms with van der Waals surface area (Å²) in [6.07, 6.45) is -4.69. The van der Waals surface area contributed by atoms with Crippen molar-refractivity contribution in [2.75, 3.05) is 12.4 Å². The fourth-order valence-electron chi connectivity index (χ4n) is 2.83. The van der Waals surface area contributed by atoms with E-state index in [9.17, 15) is 28.1 Å². The van der Waals surface area contributed by atoms with Gasteiger partial charge in [0.15, 0.2) is 0 Å². The predicted octanol–water partition coefficient (Wildman–Crippen LogP) is 4.56. The third-order valence-corrected chi connectivity index (χ3v) is 4.17. The van der Waals surface area contributed by atoms with Crippen molar-refractivity contribution in [2.24, 2.45) is 0 Å². The van der Waals surface area contributed by atoms with Crippen molar-refractivity contribution < 1.29 is 32.4 Å². The number of nitro groups is 1. The maximum absolute atomic E-state index is 13.1. The van der Waals surface area contributed by atoms with Gasteiger partial charge in [0.2, 0.25) is 5.91 Å². The van der Waals surface area contributed by atoms with Gasteiger partial charge < -0.3 is 14.8 Å². The summed E-state index contributed by atoms with van der Waals surface area (Å²) in [6, 6.07) is 10.8. The van der Waals surface area contributed by atoms with Crippen LogP contribution in [0.4, 0.5) is 24.5 Å². The molecule has 3 rings (SSSR count). The van der Waals surface area contributed by atoms with Gasteiger partial charge in [-0.1, -0.05) is 0 Å². The topological polar surface area (TPSA) is 109 Å². The Labute approximate surface area is 179 Å². The van der Waals surface area contributed by atoms with Crippen molar-refractivity contribution in [3.63, 3.8) is 0 Å². The molecule has 0 radical (unpaired) electrons. The molecule has 9 nitrogen and oxygen atoms in total. The summed E-state index contributed by atoms with van der Waals surface area (Å²) in [5, 5.41) is 17.3. The minimum Gasteiger partial charge on any atom is -0.497 e. The number of carbonyl (C=O) groups is 1. The first-order chi connectivity index (χ1) is 15.0. The van der Waals surface area contributed by atoms with Gasteiger partial charge in [0.1, 0.15) is 29.5 Å². The van der Waals surface area contributed by atoms with Crippen LogP contribution in [0.25, 0.3) is 0 Å². The van der Waals surface area contributed by atoms with Crippen LogP contribution in [-0.2, 0) is 17.5 Å². The molecule has 1 aromatic heterocycles. The average molecular weight is 450 g/mol. The Morgan fingerprint density at radius 3 is 2.38 bits per heavy atom. The predicted molar refractivity (Wildman–Crippen MR) is 107 cm³/mol. The molecule has 1 amide bonds. The molecule has 0 saturated heterocycles. The number of hydrogen-bond acceptors (Lipinski definition) is 6. The number of alkyl halides is 3. The highest BCUT2D eigenvalue weighted by Crippen LogP contribution is 2.31. The summed E-state index contributed by atoms with van der Waals surface area (Å²) in [7, 11) is 1.49. The first-order valence-corrected chi connectivity index (χ1v) is 9.08. The van der Waals surface area contributed by atoms with Gasteiger partial charge in [-0.3, -0.25) is 19.6 Å². The molecule has 0 spiro atoms. The van der Waals surface area contributed by atoms with E-state index in [1.165, 1.54) is 20.1 Å². The number of nitrogens with one attached hydrogen (secondary N) is 1. The Kier molecular flexibility index (Phi) is 6.32. The van der Waals surface area contributed by atoms with E-state index in [0.717, 1.165) is 18.2 Å². The molecule has 2 aromatic carbocycles. The summed E-state index contributed by atoms with van der Waals surface area (Å²) in [5.74, 6) is 0.127. The highest BCUT2D eigenvalue weighted by molar-refractivity contribution is 5.91. The molecule has 0 aliphatic heterocycles. The number of amides is 1. The SMILES string of the molecule is COc1ccc(Oc2cc(NC(=O)Cn3nc(C)cc3C(F)(F)F)cc([N+](=O)[O-])c2)cc1. The van der Waals surface area contributed by atoms with E-state index >= 15 is 0 Å². The fourth-order valence-corrected chi connectivity index (χ4v) is 2.83. The van der Waals surface area contributed by atoms with Gasteiger partial charge in [0, 0.05) is 12.1 Å². The van der Waals surface area contributed by atoms with Crippen molar-refractivity contribution in [2.45, 2.75) is 19.6 Å². The molecule has 0 aliphatic carbocycles. The monoisotopic (exact) mass is 450 g/mol. The number of aromatic nitrogens is 2. The first kappa shape index (κ1) is 22.6. The number of anilines is 1. The van der Waals surface area contributed by atoms with Gasteiger partial charge in [-0.2, -0.15) is 18.3 Å². The zero-order valence-electron chi connectivity index (χ0n) is 16.8. The number of halogens is 3. The maximum Gasteiger partial charge on any atom is 0.433 e. The number of ether oxygens (including phenoxy) is 2. The van der Waals surface area contributed by atoms with E-state index in [-0.39, 0.29) is 22.8 Å². The van der Waals surface area contributed by atoms with Gasteiger partial charge in [0.25, 0.3) is 5.69 Å². The van der Waals surface area contributed by atoms with Gasteiger partial charge >= 0.3 is 6.18 Å². The minimum atomic E-state index is -4.69. The van der Waals surface area contributed by atoms with Crippen molar-refractivity contribution in [3.05, 3.63) is 70.0 Å². The number of nitrogens with zero attached hydrogens (tertiary/aromatic N) is 3. The van der Waals surface area contributed by atoms with Crippen molar-refractivity contribution in [1.29, 1.82) is 0 Å². The minimum absolute atomic E-state index is 0.0230. The molecule has 3 aromatic rings. The van der Waals surface area contributed by atoms with Crippen LogP contribution in [-0.4, -0.2) is 27.7 Å². The summed E-state index contributed by atoms with van der Waals surface area (Å²) in [6.45, 7) is 0.632. The number of rotatable bonds is 7. The Morgan fingerprint density at radius 1 is 1.12 bits per heavy atom. The number of nitro benzene ring substituents is 1. The molecule has 0 fully saturated rings. The number of aryl methyl sites for hydroxylation is 1. The molecule has 1 N–H and O–H groups in total. The molecule has 1 heterocycles. The Hall–Kier alpha value is -4.09. The standard InChI is InChI=1S/C20H17F3N4O5/c1-12-7-18(20(21,22)23)26(25-12)11-19(28)24-13-8-14(27(29)30)10-17(9-13)32-16-5-3-15(31-2)4-6-16/h3-10H,11H2,1-2H3,(H,24,28). The molecular formula is C20H17F3N4O5. The lowest BCUT2D eigenvalue weighted by Gasteiger charge is -2.12. The molecule has 0 saturated carbocycles. The molecular weight excluding hydrogens is 433 g/mol. The van der Waals surface area contributed by atoms with Crippen LogP contribution in [0.1, 0.15) is 11.4 Å². The number of benzene rings is 2. The summed E-state index contributed by atoms with van der Waals surface area (Å²) >= 11 is 0. The number of non-ortho nitro benzene ring substituents is 1. The molecule has 0 unspecified atom stereocenters. The van der Waals surface area contributed by atoms with Gasteiger partial charge in [-0.25, -0.2) is 0 Å². The van der Waals surface area contributed by atoms with E-state index in [1.807, 2.05) is 0 Å². The van der Waals surface area contributed by atoms with Gasteiger partial charge in [-0.15, -0.1) is 0 Å². The quantitative estimate of drug-likeness (QED) is 0.418. The highest BCUT2D eigenvalue weighted by atomic mass is 19.4. The Bertz CT molecular complexity index is 1140. The van der Waals surface area contributed by atoms with E-state index in [2.05, 4.69) is 10.4 Å². The van der Waals surface area contributed by atoms with Gasteiger partial charge in [-0.05, 0) is 37.3 Å². The smallest absolute Gasteiger partial charge is 0.433 e. The largest absolute Gasteiger partial charge is 0.497 e. The van der Waals surface area contributed by atoms with Crippen molar-refractivity contribution in [3.8, 4) is 17.2 Å².